The number of hydrogen-bond acceptors (Lipinski definition) is 5. The van der Waals surface area contributed by atoms with Crippen molar-refractivity contribution in [3.05, 3.63) is 56.6 Å². The molecule has 134 valence electrons. The minimum Gasteiger partial charge on any atom is -0.333 e. The summed E-state index contributed by atoms with van der Waals surface area (Å²) in [7, 11) is 0. The Hall–Kier alpha value is -2.29. The molecule has 0 bridgehead atoms. The highest BCUT2D eigenvalue weighted by Crippen LogP contribution is 2.29. The molecule has 10 heteroatoms. The summed E-state index contributed by atoms with van der Waals surface area (Å²) in [4.78, 5) is 30.2. The predicted molar refractivity (Wildman–Crippen MR) is 103 cm³/mol. The molecule has 0 aliphatic carbocycles. The monoisotopic (exact) mass is 410 g/mol. The molecule has 1 heterocycles. The number of amides is 1. The number of benzene rings is 2. The number of nitro benzene ring substituents is 1. The molecule has 0 saturated carbocycles. The molecule has 1 atom stereocenters. The zero-order valence-corrected chi connectivity index (χ0v) is 15.7. The number of fused-ring (bicyclic) bond motifs is 1. The molecule has 0 aliphatic heterocycles. The number of non-ortho nitro benzene ring substituents is 1. The van der Waals surface area contributed by atoms with Crippen molar-refractivity contribution < 1.29 is 9.72 Å². The lowest BCUT2D eigenvalue weighted by molar-refractivity contribution is -0.384. The van der Waals surface area contributed by atoms with Gasteiger partial charge in [-0.1, -0.05) is 35.0 Å². The van der Waals surface area contributed by atoms with E-state index in [1.165, 1.54) is 30.0 Å². The number of nitrogens with zero attached hydrogens (tertiary/aromatic N) is 2. The van der Waals surface area contributed by atoms with Crippen LogP contribution in [0.3, 0.4) is 0 Å². The summed E-state index contributed by atoms with van der Waals surface area (Å²) in [6.45, 7) is 1.70. The minimum atomic E-state index is -0.552. The Labute approximate surface area is 162 Å². The number of rotatable bonds is 5. The van der Waals surface area contributed by atoms with E-state index in [0.717, 1.165) is 11.0 Å². The third kappa shape index (κ3) is 4.09. The van der Waals surface area contributed by atoms with Crippen molar-refractivity contribution in [1.29, 1.82) is 0 Å². The van der Waals surface area contributed by atoms with E-state index in [2.05, 4.69) is 15.3 Å². The zero-order chi connectivity index (χ0) is 18.8. The van der Waals surface area contributed by atoms with Crippen molar-refractivity contribution in [1.82, 2.24) is 9.97 Å². The summed E-state index contributed by atoms with van der Waals surface area (Å²) >= 11 is 13.2. The van der Waals surface area contributed by atoms with E-state index >= 15 is 0 Å². The van der Waals surface area contributed by atoms with Gasteiger partial charge >= 0.3 is 0 Å². The first-order chi connectivity index (χ1) is 12.3. The third-order valence-electron chi connectivity index (χ3n) is 3.50. The molecule has 0 spiro atoms. The topological polar surface area (TPSA) is 101 Å². The number of halogens is 2. The fourth-order valence-corrected chi connectivity index (χ4v) is 3.35. The summed E-state index contributed by atoms with van der Waals surface area (Å²) in [6, 6.07) is 9.14. The van der Waals surface area contributed by atoms with Crippen LogP contribution in [0.1, 0.15) is 6.92 Å². The van der Waals surface area contributed by atoms with Crippen molar-refractivity contribution in [2.24, 2.45) is 0 Å². The van der Waals surface area contributed by atoms with Gasteiger partial charge in [0.05, 0.1) is 31.9 Å². The number of carbonyl (C=O) groups is 1. The largest absolute Gasteiger partial charge is 0.333 e. The first kappa shape index (κ1) is 18.5. The van der Waals surface area contributed by atoms with Crippen LogP contribution in [0.25, 0.3) is 11.0 Å². The number of anilines is 1. The number of carbonyl (C=O) groups excluding carboxylic acids is 1. The normalized spacial score (nSPS) is 12.1. The highest BCUT2D eigenvalue weighted by Gasteiger charge is 2.19. The number of nitro groups is 1. The molecule has 26 heavy (non-hydrogen) atoms. The molecule has 3 rings (SSSR count). The van der Waals surface area contributed by atoms with E-state index in [1.807, 2.05) is 0 Å². The molecule has 1 unspecified atom stereocenters. The lowest BCUT2D eigenvalue weighted by Crippen LogP contribution is -2.22. The Balaban J connectivity index is 1.73. The van der Waals surface area contributed by atoms with Gasteiger partial charge in [-0.3, -0.25) is 14.9 Å². The van der Waals surface area contributed by atoms with Gasteiger partial charge in [0, 0.05) is 17.2 Å². The molecule has 0 saturated heterocycles. The molecular formula is C16H12Cl2N4O3S. The Morgan fingerprint density at radius 2 is 2.08 bits per heavy atom. The second-order valence-corrected chi connectivity index (χ2v) is 7.55. The van der Waals surface area contributed by atoms with Crippen LogP contribution in [0.4, 0.5) is 11.4 Å². The van der Waals surface area contributed by atoms with E-state index < -0.39 is 10.2 Å². The number of aromatic nitrogens is 2. The Kier molecular flexibility index (Phi) is 5.36. The average Bonchev–Trinajstić information content (AvgIpc) is 2.97. The fourth-order valence-electron chi connectivity index (χ4n) is 2.19. The van der Waals surface area contributed by atoms with Crippen molar-refractivity contribution in [3.63, 3.8) is 0 Å². The number of thioether (sulfide) groups is 1. The van der Waals surface area contributed by atoms with E-state index in [-0.39, 0.29) is 22.3 Å². The van der Waals surface area contributed by atoms with Crippen LogP contribution in [0.15, 0.2) is 41.6 Å². The summed E-state index contributed by atoms with van der Waals surface area (Å²) in [5.74, 6) is -0.351. The molecule has 1 amide bonds. The minimum absolute atomic E-state index is 0.154. The maximum atomic E-state index is 12.4. The smallest absolute Gasteiger partial charge is 0.271 e. The van der Waals surface area contributed by atoms with E-state index in [1.54, 1.807) is 25.1 Å². The van der Waals surface area contributed by atoms with Crippen molar-refractivity contribution in [3.8, 4) is 0 Å². The summed E-state index contributed by atoms with van der Waals surface area (Å²) in [6.07, 6.45) is 0. The van der Waals surface area contributed by atoms with Gasteiger partial charge in [-0.05, 0) is 31.2 Å². The molecule has 7 nitrogen and oxygen atoms in total. The van der Waals surface area contributed by atoms with Gasteiger partial charge in [-0.2, -0.15) is 0 Å². The number of imidazole rings is 1. The first-order valence-corrected chi connectivity index (χ1v) is 9.04. The molecule has 2 N–H and O–H groups in total. The van der Waals surface area contributed by atoms with Crippen molar-refractivity contribution in [2.75, 3.05) is 5.32 Å². The lowest BCUT2D eigenvalue weighted by Gasteiger charge is -2.11. The van der Waals surface area contributed by atoms with Gasteiger partial charge in [0.15, 0.2) is 5.16 Å². The van der Waals surface area contributed by atoms with Gasteiger partial charge in [0.1, 0.15) is 0 Å². The van der Waals surface area contributed by atoms with Crippen LogP contribution in [0, 0.1) is 10.1 Å². The molecule has 3 aromatic rings. The first-order valence-electron chi connectivity index (χ1n) is 7.40. The van der Waals surface area contributed by atoms with E-state index in [9.17, 15) is 14.9 Å². The molecule has 0 radical (unpaired) electrons. The molecular weight excluding hydrogens is 399 g/mol. The van der Waals surface area contributed by atoms with Crippen molar-refractivity contribution >= 4 is 63.3 Å². The fraction of sp³-hybridized carbons (Fsp3) is 0.125. The Bertz CT molecular complexity index is 1010. The molecule has 1 aromatic heterocycles. The second kappa shape index (κ2) is 7.53. The molecule has 2 aromatic carbocycles. The van der Waals surface area contributed by atoms with E-state index in [4.69, 9.17) is 23.2 Å². The predicted octanol–water partition coefficient (Wildman–Crippen LogP) is 4.90. The van der Waals surface area contributed by atoms with Crippen molar-refractivity contribution in [2.45, 2.75) is 17.3 Å². The summed E-state index contributed by atoms with van der Waals surface area (Å²) < 4.78 is 0. The number of H-pyrrole nitrogens is 1. The van der Waals surface area contributed by atoms with Gasteiger partial charge in [0.25, 0.3) is 5.69 Å². The Morgan fingerprint density at radius 3 is 2.81 bits per heavy atom. The van der Waals surface area contributed by atoms with Gasteiger partial charge in [0.2, 0.25) is 5.91 Å². The van der Waals surface area contributed by atoms with Gasteiger partial charge in [-0.15, -0.1) is 0 Å². The van der Waals surface area contributed by atoms with Crippen LogP contribution in [0.5, 0.6) is 0 Å². The zero-order valence-electron chi connectivity index (χ0n) is 13.3. The number of hydrogen-bond donors (Lipinski definition) is 2. The summed E-state index contributed by atoms with van der Waals surface area (Å²) in [5.41, 5.74) is 1.55. The summed E-state index contributed by atoms with van der Waals surface area (Å²) in [5, 5.41) is 14.3. The maximum absolute atomic E-state index is 12.4. The molecule has 0 fully saturated rings. The lowest BCUT2D eigenvalue weighted by atomic mass is 10.2. The maximum Gasteiger partial charge on any atom is 0.271 e. The quantitative estimate of drug-likeness (QED) is 0.353. The van der Waals surface area contributed by atoms with Crippen LogP contribution in [-0.2, 0) is 4.79 Å². The number of aromatic amines is 1. The van der Waals surface area contributed by atoms with Crippen LogP contribution in [0.2, 0.25) is 10.0 Å². The Morgan fingerprint density at radius 1 is 1.31 bits per heavy atom. The highest BCUT2D eigenvalue weighted by molar-refractivity contribution is 8.00. The van der Waals surface area contributed by atoms with Crippen LogP contribution < -0.4 is 5.32 Å². The number of nitrogens with one attached hydrogen (secondary N) is 2. The standard InChI is InChI=1S/C16H12Cl2N4O3S/c1-8(26-16-20-12-5-2-9(17)6-14(12)21-16)15(23)19-13-7-10(22(24)25)3-4-11(13)18/h2-8H,1H3,(H,19,23)(H,20,21). The van der Waals surface area contributed by atoms with Gasteiger partial charge in [-0.25, -0.2) is 4.98 Å². The van der Waals surface area contributed by atoms with Crippen LogP contribution >= 0.6 is 35.0 Å². The third-order valence-corrected chi connectivity index (χ3v) is 5.05. The SMILES string of the molecule is CC(Sc1nc2ccc(Cl)cc2[nH]1)C(=O)Nc1cc([N+](=O)[O-])ccc1Cl. The average molecular weight is 411 g/mol. The second-order valence-electron chi connectivity index (χ2n) is 5.37. The van der Waals surface area contributed by atoms with Crippen LogP contribution in [-0.4, -0.2) is 26.0 Å². The van der Waals surface area contributed by atoms with E-state index in [0.29, 0.717) is 10.2 Å². The highest BCUT2D eigenvalue weighted by atomic mass is 35.5. The van der Waals surface area contributed by atoms with Gasteiger partial charge < -0.3 is 10.3 Å². The molecule has 0 aliphatic rings.